The molecule has 1 rings (SSSR count). The first kappa shape index (κ1) is 7.63. The summed E-state index contributed by atoms with van der Waals surface area (Å²) in [6, 6.07) is 1.59. The highest BCUT2D eigenvalue weighted by Crippen LogP contribution is 2.22. The SMILES string of the molecule is Cc1nc(Cl)c(N)cc1Cl. The zero-order chi connectivity index (χ0) is 7.72. The van der Waals surface area contributed by atoms with Gasteiger partial charge in [0.1, 0.15) is 0 Å². The lowest BCUT2D eigenvalue weighted by Crippen LogP contribution is -1.91. The number of aryl methyl sites for hydroxylation is 1. The van der Waals surface area contributed by atoms with Crippen LogP contribution in [0.1, 0.15) is 5.69 Å². The monoisotopic (exact) mass is 176 g/mol. The van der Waals surface area contributed by atoms with E-state index in [1.165, 1.54) is 0 Å². The Hall–Kier alpha value is -0.470. The third-order valence-corrected chi connectivity index (χ3v) is 1.82. The second-order valence-corrected chi connectivity index (χ2v) is 2.70. The van der Waals surface area contributed by atoms with Crippen LogP contribution in [0.25, 0.3) is 0 Å². The Labute approximate surface area is 69.0 Å². The van der Waals surface area contributed by atoms with Crippen LogP contribution >= 0.6 is 23.2 Å². The second-order valence-electron chi connectivity index (χ2n) is 1.94. The molecule has 0 saturated carbocycles. The van der Waals surface area contributed by atoms with Crippen molar-refractivity contribution in [2.24, 2.45) is 0 Å². The van der Waals surface area contributed by atoms with Crippen molar-refractivity contribution in [3.8, 4) is 0 Å². The van der Waals surface area contributed by atoms with Gasteiger partial charge in [-0.25, -0.2) is 4.98 Å². The van der Waals surface area contributed by atoms with Crippen LogP contribution in [0.4, 0.5) is 5.69 Å². The van der Waals surface area contributed by atoms with Crippen LogP contribution in [-0.4, -0.2) is 4.98 Å². The fraction of sp³-hybridized carbons (Fsp3) is 0.167. The van der Waals surface area contributed by atoms with E-state index in [1.807, 2.05) is 0 Å². The van der Waals surface area contributed by atoms with Crippen molar-refractivity contribution in [1.29, 1.82) is 0 Å². The van der Waals surface area contributed by atoms with E-state index in [-0.39, 0.29) is 0 Å². The van der Waals surface area contributed by atoms with Crippen molar-refractivity contribution in [3.05, 3.63) is 21.9 Å². The number of pyridine rings is 1. The van der Waals surface area contributed by atoms with E-state index >= 15 is 0 Å². The molecule has 0 bridgehead atoms. The summed E-state index contributed by atoms with van der Waals surface area (Å²) in [7, 11) is 0. The summed E-state index contributed by atoms with van der Waals surface area (Å²) in [4.78, 5) is 3.88. The van der Waals surface area contributed by atoms with E-state index in [4.69, 9.17) is 28.9 Å². The van der Waals surface area contributed by atoms with E-state index < -0.39 is 0 Å². The summed E-state index contributed by atoms with van der Waals surface area (Å²) in [5, 5.41) is 0.851. The van der Waals surface area contributed by atoms with Crippen molar-refractivity contribution in [3.63, 3.8) is 0 Å². The maximum Gasteiger partial charge on any atom is 0.152 e. The van der Waals surface area contributed by atoms with Gasteiger partial charge in [-0.1, -0.05) is 23.2 Å². The van der Waals surface area contributed by atoms with Crippen LogP contribution in [0, 0.1) is 6.92 Å². The summed E-state index contributed by atoms with van der Waals surface area (Å²) in [6.07, 6.45) is 0. The average Bonchev–Trinajstić information content (AvgIpc) is 1.84. The molecule has 0 radical (unpaired) electrons. The number of aromatic nitrogens is 1. The third kappa shape index (κ3) is 1.33. The Balaban J connectivity index is 3.28. The molecule has 2 N–H and O–H groups in total. The van der Waals surface area contributed by atoms with Crippen molar-refractivity contribution >= 4 is 28.9 Å². The predicted molar refractivity (Wildman–Crippen MR) is 43.4 cm³/mol. The van der Waals surface area contributed by atoms with E-state index in [0.717, 1.165) is 0 Å². The molecule has 0 fully saturated rings. The predicted octanol–water partition coefficient (Wildman–Crippen LogP) is 2.28. The van der Waals surface area contributed by atoms with Crippen molar-refractivity contribution < 1.29 is 0 Å². The van der Waals surface area contributed by atoms with Gasteiger partial charge in [-0.15, -0.1) is 0 Å². The quantitative estimate of drug-likeness (QED) is 0.617. The molecule has 2 nitrogen and oxygen atoms in total. The number of rotatable bonds is 0. The minimum atomic E-state index is 0.307. The molecule has 0 spiro atoms. The molecule has 10 heavy (non-hydrogen) atoms. The highest BCUT2D eigenvalue weighted by Gasteiger charge is 2.01. The molecule has 1 aromatic heterocycles. The second kappa shape index (κ2) is 2.64. The summed E-state index contributed by atoms with van der Waals surface area (Å²) in [5.41, 5.74) is 6.52. The Morgan fingerprint density at radius 1 is 1.50 bits per heavy atom. The minimum Gasteiger partial charge on any atom is -0.396 e. The molecule has 0 saturated heterocycles. The fourth-order valence-corrected chi connectivity index (χ4v) is 0.907. The lowest BCUT2D eigenvalue weighted by molar-refractivity contribution is 1.20. The van der Waals surface area contributed by atoms with Crippen LogP contribution in [-0.2, 0) is 0 Å². The molecular weight excluding hydrogens is 171 g/mol. The lowest BCUT2D eigenvalue weighted by atomic mass is 10.3. The number of halogens is 2. The first-order chi connectivity index (χ1) is 4.61. The van der Waals surface area contributed by atoms with Crippen molar-refractivity contribution in [2.75, 3.05) is 5.73 Å². The largest absolute Gasteiger partial charge is 0.396 e. The summed E-state index contributed by atoms with van der Waals surface area (Å²) in [5.74, 6) is 0. The average molecular weight is 177 g/mol. The molecule has 0 aliphatic rings. The van der Waals surface area contributed by atoms with Gasteiger partial charge < -0.3 is 5.73 Å². The Morgan fingerprint density at radius 3 is 2.60 bits per heavy atom. The topological polar surface area (TPSA) is 38.9 Å². The Kier molecular flexibility index (Phi) is 2.02. The first-order valence-corrected chi connectivity index (χ1v) is 3.45. The minimum absolute atomic E-state index is 0.307. The number of hydrogen-bond acceptors (Lipinski definition) is 2. The van der Waals surface area contributed by atoms with Gasteiger partial charge in [-0.2, -0.15) is 0 Å². The zero-order valence-electron chi connectivity index (χ0n) is 5.36. The van der Waals surface area contributed by atoms with Gasteiger partial charge in [0.25, 0.3) is 0 Å². The first-order valence-electron chi connectivity index (χ1n) is 2.69. The molecule has 0 aliphatic carbocycles. The maximum atomic E-state index is 5.68. The molecule has 54 valence electrons. The highest BCUT2D eigenvalue weighted by molar-refractivity contribution is 6.34. The van der Waals surface area contributed by atoms with Crippen LogP contribution in [0.5, 0.6) is 0 Å². The van der Waals surface area contributed by atoms with Crippen LogP contribution in [0.3, 0.4) is 0 Å². The molecule has 0 aliphatic heterocycles. The van der Waals surface area contributed by atoms with Gasteiger partial charge in [0.2, 0.25) is 0 Å². The lowest BCUT2D eigenvalue weighted by Gasteiger charge is -1.99. The smallest absolute Gasteiger partial charge is 0.152 e. The fourth-order valence-electron chi connectivity index (χ4n) is 0.566. The van der Waals surface area contributed by atoms with Gasteiger partial charge in [0.05, 0.1) is 16.4 Å². The molecule has 4 heteroatoms. The summed E-state index contributed by atoms with van der Waals surface area (Å²) < 4.78 is 0. The molecule has 1 heterocycles. The molecule has 0 aromatic carbocycles. The van der Waals surface area contributed by atoms with Gasteiger partial charge in [-0.05, 0) is 13.0 Å². The Bertz CT molecular complexity index is 210. The van der Waals surface area contributed by atoms with E-state index in [0.29, 0.717) is 21.6 Å². The molecule has 0 unspecified atom stereocenters. The maximum absolute atomic E-state index is 5.68. The number of nitrogens with zero attached hydrogens (tertiary/aromatic N) is 1. The molecule has 0 amide bonds. The number of hydrogen-bond donors (Lipinski definition) is 1. The van der Waals surface area contributed by atoms with E-state index in [2.05, 4.69) is 4.98 Å². The number of nitrogen functional groups attached to an aromatic ring is 1. The summed E-state index contributed by atoms with van der Waals surface area (Å²) >= 11 is 11.3. The third-order valence-electron chi connectivity index (χ3n) is 1.13. The van der Waals surface area contributed by atoms with Gasteiger partial charge in [0, 0.05) is 0 Å². The zero-order valence-corrected chi connectivity index (χ0v) is 6.87. The highest BCUT2D eigenvalue weighted by atomic mass is 35.5. The van der Waals surface area contributed by atoms with Gasteiger partial charge in [-0.3, -0.25) is 0 Å². The molecule has 1 aromatic rings. The Morgan fingerprint density at radius 2 is 2.10 bits per heavy atom. The van der Waals surface area contributed by atoms with E-state index in [9.17, 15) is 0 Å². The normalized spacial score (nSPS) is 9.90. The number of anilines is 1. The van der Waals surface area contributed by atoms with Gasteiger partial charge >= 0.3 is 0 Å². The molecule has 0 atom stereocenters. The van der Waals surface area contributed by atoms with Crippen molar-refractivity contribution in [1.82, 2.24) is 4.98 Å². The standard InChI is InChI=1S/C6H6Cl2N2/c1-3-4(7)2-5(9)6(8)10-3/h2H,9H2,1H3. The van der Waals surface area contributed by atoms with Crippen LogP contribution in [0.2, 0.25) is 10.2 Å². The van der Waals surface area contributed by atoms with Crippen molar-refractivity contribution in [2.45, 2.75) is 6.92 Å². The van der Waals surface area contributed by atoms with Crippen LogP contribution in [0.15, 0.2) is 6.07 Å². The number of nitrogens with two attached hydrogens (primary N) is 1. The van der Waals surface area contributed by atoms with E-state index in [1.54, 1.807) is 13.0 Å². The van der Waals surface area contributed by atoms with Gasteiger partial charge in [0.15, 0.2) is 5.15 Å². The summed E-state index contributed by atoms with van der Waals surface area (Å²) in [6.45, 7) is 1.77. The molecular formula is C6H6Cl2N2. The van der Waals surface area contributed by atoms with Crippen LogP contribution < -0.4 is 5.73 Å².